The Morgan fingerprint density at radius 1 is 1.23 bits per heavy atom. The molecule has 6 heteroatoms. The number of hydrogen-bond acceptors (Lipinski definition) is 4. The number of rotatable bonds is 6. The summed E-state index contributed by atoms with van der Waals surface area (Å²) in [4.78, 5) is 11.9. The van der Waals surface area contributed by atoms with E-state index in [2.05, 4.69) is 5.32 Å². The first-order valence-electron chi connectivity index (χ1n) is 6.74. The van der Waals surface area contributed by atoms with E-state index >= 15 is 0 Å². The van der Waals surface area contributed by atoms with Gasteiger partial charge in [-0.05, 0) is 16.8 Å². The summed E-state index contributed by atoms with van der Waals surface area (Å²) in [6.07, 6.45) is 0. The molecule has 3 N–H and O–H groups in total. The summed E-state index contributed by atoms with van der Waals surface area (Å²) in [6.45, 7) is 0.555. The third kappa shape index (κ3) is 4.10. The van der Waals surface area contributed by atoms with Crippen molar-refractivity contribution in [3.8, 4) is 5.75 Å². The Bertz CT molecular complexity index is 634. The van der Waals surface area contributed by atoms with Gasteiger partial charge in [-0.25, -0.2) is 0 Å². The van der Waals surface area contributed by atoms with Crippen molar-refractivity contribution >= 4 is 29.1 Å². The molecule has 1 amide bonds. The quantitative estimate of drug-likeness (QED) is 0.850. The number of amides is 1. The topological polar surface area (TPSA) is 73.6 Å². The molecule has 0 aliphatic heterocycles. The molecule has 2 rings (SSSR count). The summed E-state index contributed by atoms with van der Waals surface area (Å²) in [5.41, 5.74) is 6.65. The predicted octanol–water partition coefficient (Wildman–Crippen LogP) is 1.86. The van der Waals surface area contributed by atoms with Gasteiger partial charge in [-0.1, -0.05) is 30.3 Å². The number of benzene rings is 2. The van der Waals surface area contributed by atoms with E-state index in [1.54, 1.807) is 7.11 Å². The second kappa shape index (κ2) is 8.58. The minimum atomic E-state index is -0.670. The highest BCUT2D eigenvalue weighted by Gasteiger charge is 2.14. The fraction of sp³-hybridized carbons (Fsp3) is 0.312. The molecule has 0 saturated carbocycles. The van der Waals surface area contributed by atoms with Gasteiger partial charge >= 0.3 is 0 Å². The molecule has 5 nitrogen and oxygen atoms in total. The molecule has 0 aromatic heterocycles. The summed E-state index contributed by atoms with van der Waals surface area (Å²) in [5.74, 6) is 0.501. The lowest BCUT2D eigenvalue weighted by molar-refractivity contribution is -0.123. The Kier molecular flexibility index (Phi) is 7.11. The molecule has 1 atom stereocenters. The second-order valence-corrected chi connectivity index (χ2v) is 4.75. The standard InChI is InChI=1S/C16H20N2O3.ClH/c1-20-10-14(17)16(19)18-9-13-12-6-4-3-5-11(12)7-8-15(13)21-2;/h3-8,14H,9-10,17H2,1-2H3,(H,18,19);1H. The van der Waals surface area contributed by atoms with Gasteiger partial charge in [-0.3, -0.25) is 4.79 Å². The van der Waals surface area contributed by atoms with Crippen LogP contribution in [0.2, 0.25) is 0 Å². The average molecular weight is 325 g/mol. The van der Waals surface area contributed by atoms with Gasteiger partial charge in [0.05, 0.1) is 13.7 Å². The number of ether oxygens (including phenoxy) is 2. The first-order valence-corrected chi connectivity index (χ1v) is 6.74. The third-order valence-corrected chi connectivity index (χ3v) is 3.34. The van der Waals surface area contributed by atoms with E-state index in [9.17, 15) is 4.79 Å². The Labute approximate surface area is 136 Å². The molecule has 0 spiro atoms. The van der Waals surface area contributed by atoms with Crippen molar-refractivity contribution in [2.45, 2.75) is 12.6 Å². The number of fused-ring (bicyclic) bond motifs is 1. The third-order valence-electron chi connectivity index (χ3n) is 3.34. The van der Waals surface area contributed by atoms with Crippen LogP contribution < -0.4 is 15.8 Å². The average Bonchev–Trinajstić information content (AvgIpc) is 2.52. The Morgan fingerprint density at radius 3 is 2.64 bits per heavy atom. The fourth-order valence-electron chi connectivity index (χ4n) is 2.25. The molecule has 0 heterocycles. The highest BCUT2D eigenvalue weighted by atomic mass is 35.5. The smallest absolute Gasteiger partial charge is 0.239 e. The molecular formula is C16H21ClN2O3. The summed E-state index contributed by atoms with van der Waals surface area (Å²) in [6, 6.07) is 11.2. The van der Waals surface area contributed by atoms with E-state index in [0.29, 0.717) is 6.54 Å². The van der Waals surface area contributed by atoms with Crippen LogP contribution in [0.25, 0.3) is 10.8 Å². The first kappa shape index (κ1) is 18.2. The minimum Gasteiger partial charge on any atom is -0.496 e. The van der Waals surface area contributed by atoms with Gasteiger partial charge in [0, 0.05) is 19.2 Å². The number of carbonyl (C=O) groups is 1. The molecular weight excluding hydrogens is 304 g/mol. The largest absolute Gasteiger partial charge is 0.496 e. The number of nitrogens with one attached hydrogen (secondary N) is 1. The van der Waals surface area contributed by atoms with Crippen molar-refractivity contribution < 1.29 is 14.3 Å². The second-order valence-electron chi connectivity index (χ2n) is 4.75. The van der Waals surface area contributed by atoms with Crippen LogP contribution in [-0.2, 0) is 16.1 Å². The zero-order chi connectivity index (χ0) is 15.2. The van der Waals surface area contributed by atoms with Crippen molar-refractivity contribution in [2.75, 3.05) is 20.8 Å². The van der Waals surface area contributed by atoms with Crippen molar-refractivity contribution in [1.29, 1.82) is 0 Å². The molecule has 0 fully saturated rings. The monoisotopic (exact) mass is 324 g/mol. The van der Waals surface area contributed by atoms with Crippen LogP contribution in [0.15, 0.2) is 36.4 Å². The summed E-state index contributed by atoms with van der Waals surface area (Å²) >= 11 is 0. The Morgan fingerprint density at radius 2 is 1.95 bits per heavy atom. The van der Waals surface area contributed by atoms with Crippen molar-refractivity contribution in [2.24, 2.45) is 5.73 Å². The van der Waals surface area contributed by atoms with Crippen molar-refractivity contribution in [1.82, 2.24) is 5.32 Å². The zero-order valence-electron chi connectivity index (χ0n) is 12.7. The fourth-order valence-corrected chi connectivity index (χ4v) is 2.25. The number of carbonyl (C=O) groups excluding carboxylic acids is 1. The summed E-state index contributed by atoms with van der Waals surface area (Å²) in [7, 11) is 3.13. The molecule has 22 heavy (non-hydrogen) atoms. The lowest BCUT2D eigenvalue weighted by atomic mass is 10.0. The van der Waals surface area contributed by atoms with Crippen LogP contribution in [0.1, 0.15) is 5.56 Å². The van der Waals surface area contributed by atoms with Crippen LogP contribution in [0.5, 0.6) is 5.75 Å². The van der Waals surface area contributed by atoms with E-state index in [-0.39, 0.29) is 24.9 Å². The zero-order valence-corrected chi connectivity index (χ0v) is 13.5. The highest BCUT2D eigenvalue weighted by molar-refractivity contribution is 5.88. The van der Waals surface area contributed by atoms with Crippen molar-refractivity contribution in [3.05, 3.63) is 42.0 Å². The van der Waals surface area contributed by atoms with Crippen LogP contribution in [0.3, 0.4) is 0 Å². The molecule has 0 bridgehead atoms. The lowest BCUT2D eigenvalue weighted by Crippen LogP contribution is -2.43. The normalized spacial score (nSPS) is 11.6. The van der Waals surface area contributed by atoms with Crippen LogP contribution >= 0.6 is 12.4 Å². The Balaban J connectivity index is 0.00000242. The molecule has 0 saturated heterocycles. The van der Waals surface area contributed by atoms with Crippen LogP contribution in [0.4, 0.5) is 0 Å². The number of halogens is 1. The minimum absolute atomic E-state index is 0. The van der Waals surface area contributed by atoms with Gasteiger partial charge in [-0.2, -0.15) is 0 Å². The number of nitrogens with two attached hydrogens (primary N) is 1. The molecule has 0 radical (unpaired) electrons. The predicted molar refractivity (Wildman–Crippen MR) is 89.4 cm³/mol. The van der Waals surface area contributed by atoms with E-state index in [1.165, 1.54) is 7.11 Å². The molecule has 120 valence electrons. The van der Waals surface area contributed by atoms with Gasteiger partial charge in [0.15, 0.2) is 0 Å². The Hall–Kier alpha value is -1.82. The first-order chi connectivity index (χ1) is 10.2. The van der Waals surface area contributed by atoms with Gasteiger partial charge in [0.1, 0.15) is 11.8 Å². The SMILES string of the molecule is COCC(N)C(=O)NCc1c(OC)ccc2ccccc12.Cl. The van der Waals surface area contributed by atoms with Crippen LogP contribution in [-0.4, -0.2) is 32.8 Å². The van der Waals surface area contributed by atoms with Crippen molar-refractivity contribution in [3.63, 3.8) is 0 Å². The number of methoxy groups -OCH3 is 2. The van der Waals surface area contributed by atoms with Crippen LogP contribution in [0, 0.1) is 0 Å². The summed E-state index contributed by atoms with van der Waals surface area (Å²) < 4.78 is 10.3. The van der Waals surface area contributed by atoms with E-state index in [0.717, 1.165) is 22.1 Å². The molecule has 0 aliphatic rings. The van der Waals surface area contributed by atoms with Gasteiger partial charge in [0.25, 0.3) is 0 Å². The molecule has 2 aromatic carbocycles. The summed E-state index contributed by atoms with van der Waals surface area (Å²) in [5, 5.41) is 4.98. The van der Waals surface area contributed by atoms with E-state index < -0.39 is 6.04 Å². The lowest BCUT2D eigenvalue weighted by Gasteiger charge is -2.15. The molecule has 1 unspecified atom stereocenters. The highest BCUT2D eigenvalue weighted by Crippen LogP contribution is 2.27. The maximum atomic E-state index is 11.9. The maximum Gasteiger partial charge on any atom is 0.239 e. The van der Waals surface area contributed by atoms with E-state index in [4.69, 9.17) is 15.2 Å². The van der Waals surface area contributed by atoms with Gasteiger partial charge < -0.3 is 20.5 Å². The maximum absolute atomic E-state index is 11.9. The van der Waals surface area contributed by atoms with Gasteiger partial charge in [-0.15, -0.1) is 12.4 Å². The molecule has 0 aliphatic carbocycles. The van der Waals surface area contributed by atoms with E-state index in [1.807, 2.05) is 36.4 Å². The molecule has 2 aromatic rings. The van der Waals surface area contributed by atoms with Gasteiger partial charge in [0.2, 0.25) is 5.91 Å². The number of hydrogen-bond donors (Lipinski definition) is 2.